The molecular formula is C27H27NO6. The Labute approximate surface area is 198 Å². The molecule has 0 saturated carbocycles. The number of rotatable bonds is 10. The maximum Gasteiger partial charge on any atom is 0.203 e. The number of hydrogen-bond donors (Lipinski definition) is 2. The Bertz CT molecular complexity index is 1190. The van der Waals surface area contributed by atoms with Gasteiger partial charge in [-0.1, -0.05) is 24.3 Å². The average Bonchev–Trinajstić information content (AvgIpc) is 2.86. The summed E-state index contributed by atoms with van der Waals surface area (Å²) in [5.74, 6) is 1.69. The summed E-state index contributed by atoms with van der Waals surface area (Å²) in [6, 6.07) is 16.0. The van der Waals surface area contributed by atoms with Crippen molar-refractivity contribution < 1.29 is 28.8 Å². The van der Waals surface area contributed by atoms with E-state index in [-0.39, 0.29) is 11.5 Å². The van der Waals surface area contributed by atoms with Crippen LogP contribution < -0.4 is 24.3 Å². The quantitative estimate of drug-likeness (QED) is 0.237. The van der Waals surface area contributed by atoms with Crippen LogP contribution in [0.1, 0.15) is 21.5 Å². The van der Waals surface area contributed by atoms with E-state index in [9.17, 15) is 9.90 Å². The van der Waals surface area contributed by atoms with Crippen molar-refractivity contribution >= 4 is 23.6 Å². The normalized spacial score (nSPS) is 10.9. The van der Waals surface area contributed by atoms with Crippen LogP contribution in [-0.2, 0) is 0 Å². The van der Waals surface area contributed by atoms with Gasteiger partial charge in [0.05, 0.1) is 28.4 Å². The van der Waals surface area contributed by atoms with E-state index in [1.54, 1.807) is 39.7 Å². The van der Waals surface area contributed by atoms with Crippen LogP contribution in [-0.4, -0.2) is 39.3 Å². The second-order valence-electron chi connectivity index (χ2n) is 7.15. The molecule has 7 nitrogen and oxygen atoms in total. The van der Waals surface area contributed by atoms with Crippen molar-refractivity contribution in [3.8, 4) is 28.7 Å². The number of ketones is 1. The number of carbonyl (C=O) groups is 1. The zero-order chi connectivity index (χ0) is 24.5. The molecule has 0 aliphatic rings. The van der Waals surface area contributed by atoms with Crippen LogP contribution in [0.3, 0.4) is 0 Å². The van der Waals surface area contributed by atoms with Gasteiger partial charge in [0.2, 0.25) is 5.75 Å². The molecule has 0 saturated heterocycles. The fourth-order valence-corrected chi connectivity index (χ4v) is 3.28. The molecule has 0 aromatic heterocycles. The number of ether oxygens (including phenoxy) is 4. The molecule has 0 radical (unpaired) electrons. The summed E-state index contributed by atoms with van der Waals surface area (Å²) < 4.78 is 21.2. The summed E-state index contributed by atoms with van der Waals surface area (Å²) in [4.78, 5) is 12.3. The molecule has 34 heavy (non-hydrogen) atoms. The molecule has 0 heterocycles. The second-order valence-corrected chi connectivity index (χ2v) is 7.15. The largest absolute Gasteiger partial charge is 0.504 e. The lowest BCUT2D eigenvalue weighted by Crippen LogP contribution is -1.97. The fraction of sp³-hybridized carbons (Fsp3) is 0.148. The number of phenolic OH excluding ortho intramolecular Hbond substituents is 1. The van der Waals surface area contributed by atoms with Gasteiger partial charge in [-0.05, 0) is 53.6 Å². The van der Waals surface area contributed by atoms with E-state index >= 15 is 0 Å². The van der Waals surface area contributed by atoms with Crippen molar-refractivity contribution in [1.82, 2.24) is 0 Å². The summed E-state index contributed by atoms with van der Waals surface area (Å²) >= 11 is 0. The molecular weight excluding hydrogens is 434 g/mol. The van der Waals surface area contributed by atoms with Crippen LogP contribution in [0.2, 0.25) is 0 Å². The Morgan fingerprint density at radius 3 is 2.09 bits per heavy atom. The van der Waals surface area contributed by atoms with Crippen LogP contribution in [0.5, 0.6) is 28.7 Å². The minimum absolute atomic E-state index is 0.0821. The molecule has 3 rings (SSSR count). The molecule has 0 aliphatic heterocycles. The number of nitrogens with one attached hydrogen (secondary N) is 1. The highest BCUT2D eigenvalue weighted by molar-refractivity contribution is 6.05. The summed E-state index contributed by atoms with van der Waals surface area (Å²) in [6.45, 7) is 0. The van der Waals surface area contributed by atoms with E-state index in [0.717, 1.165) is 16.8 Å². The molecule has 0 aliphatic carbocycles. The van der Waals surface area contributed by atoms with Gasteiger partial charge in [0.1, 0.15) is 0 Å². The molecule has 176 valence electrons. The number of hydrogen-bond acceptors (Lipinski definition) is 7. The highest BCUT2D eigenvalue weighted by Crippen LogP contribution is 2.38. The lowest BCUT2D eigenvalue weighted by molar-refractivity contribution is 0.104. The number of methoxy groups -OCH3 is 4. The summed E-state index contributed by atoms with van der Waals surface area (Å²) in [5, 5.41) is 12.9. The number of aromatic hydroxyl groups is 1. The number of carbonyl (C=O) groups excluding carboxylic acids is 1. The van der Waals surface area contributed by atoms with Crippen LogP contribution in [0.25, 0.3) is 12.2 Å². The number of anilines is 1. The third kappa shape index (κ3) is 5.89. The van der Waals surface area contributed by atoms with Crippen molar-refractivity contribution in [1.29, 1.82) is 0 Å². The third-order valence-electron chi connectivity index (χ3n) is 4.99. The summed E-state index contributed by atoms with van der Waals surface area (Å²) in [5.41, 5.74) is 3.02. The lowest BCUT2D eigenvalue weighted by Gasteiger charge is -2.12. The van der Waals surface area contributed by atoms with Crippen LogP contribution in [0, 0.1) is 0 Å². The van der Waals surface area contributed by atoms with Gasteiger partial charge in [0.15, 0.2) is 28.8 Å². The molecule has 0 fully saturated rings. The first-order valence-corrected chi connectivity index (χ1v) is 10.4. The molecule has 0 spiro atoms. The van der Waals surface area contributed by atoms with Gasteiger partial charge < -0.3 is 29.4 Å². The Kier molecular flexibility index (Phi) is 8.18. The number of benzene rings is 3. The standard InChI is InChI=1S/C27H27NO6/c1-31-24-11-10-20(17-23(24)30)22(29)12-13-28-21-7-5-6-18(14-21)8-9-19-15-25(32-2)27(34-4)26(16-19)33-3/h5-17,28,30H,1-4H3/b9-8+,13-12-. The Balaban J connectivity index is 1.70. The first-order valence-electron chi connectivity index (χ1n) is 10.4. The van der Waals surface area contributed by atoms with Crippen LogP contribution in [0.4, 0.5) is 5.69 Å². The Hall–Kier alpha value is -4.39. The molecule has 0 bridgehead atoms. The molecule has 3 aromatic carbocycles. The van der Waals surface area contributed by atoms with Gasteiger partial charge in [-0.2, -0.15) is 0 Å². The van der Waals surface area contributed by atoms with Gasteiger partial charge in [-0.15, -0.1) is 0 Å². The maximum absolute atomic E-state index is 12.3. The Morgan fingerprint density at radius 2 is 1.47 bits per heavy atom. The predicted octanol–water partition coefficient (Wildman–Crippen LogP) is 5.41. The predicted molar refractivity (Wildman–Crippen MR) is 133 cm³/mol. The lowest BCUT2D eigenvalue weighted by atomic mass is 10.1. The minimum atomic E-state index is -0.246. The first-order chi connectivity index (χ1) is 16.5. The van der Waals surface area contributed by atoms with Crippen molar-refractivity contribution in [3.05, 3.63) is 83.6 Å². The van der Waals surface area contributed by atoms with E-state index in [1.807, 2.05) is 48.6 Å². The highest BCUT2D eigenvalue weighted by Gasteiger charge is 2.12. The zero-order valence-electron chi connectivity index (χ0n) is 19.5. The smallest absolute Gasteiger partial charge is 0.203 e. The SMILES string of the molecule is COc1ccc(C(=O)/C=C\Nc2cccc(/C=C/c3cc(OC)c(OC)c(OC)c3)c2)cc1O. The maximum atomic E-state index is 12.3. The first kappa shape index (κ1) is 24.3. The topological polar surface area (TPSA) is 86.3 Å². The van der Waals surface area contributed by atoms with Gasteiger partial charge in [0, 0.05) is 23.5 Å². The van der Waals surface area contributed by atoms with Crippen molar-refractivity contribution in [2.45, 2.75) is 0 Å². The van der Waals surface area contributed by atoms with E-state index in [0.29, 0.717) is 28.6 Å². The van der Waals surface area contributed by atoms with Crippen LogP contribution in [0.15, 0.2) is 66.9 Å². The summed E-state index contributed by atoms with van der Waals surface area (Å²) in [6.07, 6.45) is 6.87. The molecule has 7 heteroatoms. The minimum Gasteiger partial charge on any atom is -0.504 e. The zero-order valence-corrected chi connectivity index (χ0v) is 19.5. The number of allylic oxidation sites excluding steroid dienone is 1. The van der Waals surface area contributed by atoms with Gasteiger partial charge >= 0.3 is 0 Å². The van der Waals surface area contributed by atoms with Gasteiger partial charge in [-0.25, -0.2) is 0 Å². The van der Waals surface area contributed by atoms with Crippen LogP contribution >= 0.6 is 0 Å². The van der Waals surface area contributed by atoms with E-state index in [2.05, 4.69) is 5.32 Å². The monoisotopic (exact) mass is 461 g/mol. The number of phenols is 1. The third-order valence-corrected chi connectivity index (χ3v) is 4.99. The highest BCUT2D eigenvalue weighted by atomic mass is 16.5. The second kappa shape index (κ2) is 11.5. The summed E-state index contributed by atoms with van der Waals surface area (Å²) in [7, 11) is 6.18. The fourth-order valence-electron chi connectivity index (χ4n) is 3.28. The molecule has 0 atom stereocenters. The Morgan fingerprint density at radius 1 is 0.794 bits per heavy atom. The van der Waals surface area contributed by atoms with E-state index in [4.69, 9.17) is 18.9 Å². The average molecular weight is 462 g/mol. The van der Waals surface area contributed by atoms with Gasteiger partial charge in [-0.3, -0.25) is 4.79 Å². The van der Waals surface area contributed by atoms with Gasteiger partial charge in [0.25, 0.3) is 0 Å². The van der Waals surface area contributed by atoms with E-state index < -0.39 is 0 Å². The van der Waals surface area contributed by atoms with Crippen molar-refractivity contribution in [2.24, 2.45) is 0 Å². The van der Waals surface area contributed by atoms with E-state index in [1.165, 1.54) is 19.3 Å². The molecule has 3 aromatic rings. The molecule has 0 amide bonds. The van der Waals surface area contributed by atoms with Crippen molar-refractivity contribution in [3.63, 3.8) is 0 Å². The molecule has 2 N–H and O–H groups in total. The molecule has 0 unspecified atom stereocenters. The van der Waals surface area contributed by atoms with Crippen molar-refractivity contribution in [2.75, 3.05) is 33.8 Å².